The summed E-state index contributed by atoms with van der Waals surface area (Å²) in [4.78, 5) is 53.2. The number of hydrogen-bond donors (Lipinski definition) is 3. The number of amides is 1. The topological polar surface area (TPSA) is 199 Å². The van der Waals surface area contributed by atoms with Crippen LogP contribution in [0.1, 0.15) is 127 Å². The van der Waals surface area contributed by atoms with Crippen molar-refractivity contribution in [1.82, 2.24) is 68.5 Å². The second-order valence-corrected chi connectivity index (χ2v) is 24.0. The normalized spacial score (nSPS) is 16.4. The fourth-order valence-electron chi connectivity index (χ4n) is 13.0. The standard InChI is InChI=1S/C23H26F3N5O.C23H31N5.C22H29N7/c1-30(19-11-4-7-16-8-5-12-27-21(16)19)15-20-29-17-9-2-3-10-18(17)31(20)14-6-13-28-22(32)23(24,25)26;1-26(2)15-8-16-28-20-12-5-4-11-19(20)25-22(28)17-27(3)21-13-6-9-18-10-7-14-24-23(18)21;1-28(19-11-4-7-16-8-5-12-25-21(16)19)15-20-27-17-9-2-3-10-18(17)29(20)14-6-13-26-22(23)24/h2-3,5,8-10,12,19H,4,6-7,11,13-15H2,1H3,(H,28,32);4-5,7,10-12,14,21H,6,8-9,13,15-17H2,1-3H3;2-3,5,8-10,12,19H,4,6-7,11,13-15H2,1H3,(H4,23,24,26). The second kappa shape index (κ2) is 29.9. The Kier molecular flexibility index (Phi) is 21.5. The maximum absolute atomic E-state index is 12.4. The lowest BCUT2D eigenvalue weighted by molar-refractivity contribution is -0.173. The zero-order valence-corrected chi connectivity index (χ0v) is 52.2. The summed E-state index contributed by atoms with van der Waals surface area (Å²) in [5.74, 6) is 1.31. The second-order valence-electron chi connectivity index (χ2n) is 24.0. The molecule has 18 nitrogen and oxygen atoms in total. The first-order chi connectivity index (χ1) is 43.1. The van der Waals surface area contributed by atoms with E-state index in [9.17, 15) is 18.0 Å². The molecule has 3 unspecified atom stereocenters. The molecule has 0 fully saturated rings. The van der Waals surface area contributed by atoms with Crippen LogP contribution >= 0.6 is 0 Å². The Morgan fingerprint density at radius 3 is 1.28 bits per heavy atom. The summed E-state index contributed by atoms with van der Waals surface area (Å²) in [6.07, 6.45) is 13.3. The Labute approximate surface area is 520 Å². The van der Waals surface area contributed by atoms with Crippen molar-refractivity contribution in [2.24, 2.45) is 16.5 Å². The summed E-state index contributed by atoms with van der Waals surface area (Å²) in [5.41, 5.74) is 24.9. The van der Waals surface area contributed by atoms with Crippen molar-refractivity contribution in [3.8, 4) is 0 Å². The number of guanidine groups is 1. The van der Waals surface area contributed by atoms with Gasteiger partial charge in [0.25, 0.3) is 0 Å². The van der Waals surface area contributed by atoms with Gasteiger partial charge in [-0.25, -0.2) is 15.0 Å². The van der Waals surface area contributed by atoms with Gasteiger partial charge in [-0.1, -0.05) is 54.6 Å². The molecular weight excluding hydrogens is 1130 g/mol. The van der Waals surface area contributed by atoms with Crippen LogP contribution in [-0.4, -0.2) is 136 Å². The molecule has 89 heavy (non-hydrogen) atoms. The van der Waals surface area contributed by atoms with Crippen molar-refractivity contribution in [1.29, 1.82) is 0 Å². The van der Waals surface area contributed by atoms with Crippen molar-refractivity contribution in [3.63, 3.8) is 0 Å². The van der Waals surface area contributed by atoms with Gasteiger partial charge in [0.15, 0.2) is 5.96 Å². The monoisotopic (exact) mass is 1210 g/mol. The number of alkyl halides is 3. The van der Waals surface area contributed by atoms with Crippen LogP contribution in [0.15, 0.2) is 133 Å². The first kappa shape index (κ1) is 63.9. The van der Waals surface area contributed by atoms with E-state index in [2.05, 4.69) is 141 Å². The molecule has 0 bridgehead atoms. The van der Waals surface area contributed by atoms with E-state index in [0.29, 0.717) is 38.1 Å². The molecule has 9 aromatic rings. The molecule has 3 aromatic carbocycles. The van der Waals surface area contributed by atoms with Crippen molar-refractivity contribution >= 4 is 45.0 Å². The van der Waals surface area contributed by atoms with Gasteiger partial charge in [-0.05, 0) is 190 Å². The summed E-state index contributed by atoms with van der Waals surface area (Å²) in [7, 11) is 10.7. The highest BCUT2D eigenvalue weighted by Gasteiger charge is 2.38. The summed E-state index contributed by atoms with van der Waals surface area (Å²) < 4.78 is 44.0. The van der Waals surface area contributed by atoms with E-state index >= 15 is 0 Å². The lowest BCUT2D eigenvalue weighted by atomic mass is 9.91. The third-order valence-electron chi connectivity index (χ3n) is 17.4. The number of aromatic nitrogens is 9. The lowest BCUT2D eigenvalue weighted by Crippen LogP contribution is -2.37. The van der Waals surface area contributed by atoms with E-state index in [4.69, 9.17) is 36.4 Å². The van der Waals surface area contributed by atoms with Gasteiger partial charge in [0.05, 0.1) is 87.9 Å². The smallest absolute Gasteiger partial charge is 0.370 e. The molecule has 3 atom stereocenters. The molecule has 0 radical (unpaired) electrons. The van der Waals surface area contributed by atoms with E-state index in [-0.39, 0.29) is 18.5 Å². The van der Waals surface area contributed by atoms with Gasteiger partial charge in [0.1, 0.15) is 17.5 Å². The molecule has 470 valence electrons. The number of benzene rings is 3. The van der Waals surface area contributed by atoms with Crippen LogP contribution in [0.4, 0.5) is 13.2 Å². The summed E-state index contributed by atoms with van der Waals surface area (Å²) >= 11 is 0. The average molecular weight is 1210 g/mol. The molecule has 12 rings (SSSR count). The Balaban J connectivity index is 0.000000147. The molecule has 0 aliphatic heterocycles. The number of hydrogen-bond acceptors (Lipinski definition) is 12. The first-order valence-electron chi connectivity index (χ1n) is 31.4. The quantitative estimate of drug-likeness (QED) is 0.0349. The molecule has 21 heteroatoms. The third-order valence-corrected chi connectivity index (χ3v) is 17.4. The molecule has 6 heterocycles. The van der Waals surface area contributed by atoms with Crippen LogP contribution in [0.3, 0.4) is 0 Å². The molecule has 5 N–H and O–H groups in total. The number of imidazole rings is 3. The van der Waals surface area contributed by atoms with Gasteiger partial charge < -0.3 is 35.4 Å². The maximum Gasteiger partial charge on any atom is 0.471 e. The number of carbonyl (C=O) groups is 1. The minimum Gasteiger partial charge on any atom is -0.370 e. The number of rotatable bonds is 21. The van der Waals surface area contributed by atoms with E-state index in [1.807, 2.05) is 70.9 Å². The number of nitrogens with two attached hydrogens (primary N) is 2. The van der Waals surface area contributed by atoms with E-state index in [1.54, 1.807) is 0 Å². The minimum atomic E-state index is -4.86. The molecule has 6 aromatic heterocycles. The maximum atomic E-state index is 12.4. The van der Waals surface area contributed by atoms with Gasteiger partial charge in [0, 0.05) is 51.3 Å². The van der Waals surface area contributed by atoms with Crippen molar-refractivity contribution in [3.05, 3.63) is 179 Å². The number of nitrogens with zero attached hydrogens (tertiary/aromatic N) is 14. The van der Waals surface area contributed by atoms with Crippen LogP contribution in [-0.2, 0) is 63.3 Å². The van der Waals surface area contributed by atoms with Crippen molar-refractivity contribution in [2.45, 2.75) is 141 Å². The Bertz CT molecular complexity index is 3810. The first-order valence-corrected chi connectivity index (χ1v) is 31.4. The molecule has 0 spiro atoms. The molecule has 0 saturated carbocycles. The van der Waals surface area contributed by atoms with Crippen molar-refractivity contribution < 1.29 is 18.0 Å². The highest BCUT2D eigenvalue weighted by atomic mass is 19.4. The van der Waals surface area contributed by atoms with Gasteiger partial charge in [-0.15, -0.1) is 0 Å². The molecular formula is C68H86F3N17O. The van der Waals surface area contributed by atoms with Gasteiger partial charge in [-0.2, -0.15) is 13.2 Å². The number of para-hydroxylation sites is 6. The van der Waals surface area contributed by atoms with Gasteiger partial charge in [-0.3, -0.25) is 39.4 Å². The largest absolute Gasteiger partial charge is 0.471 e. The number of aliphatic imine (C=N–C) groups is 1. The SMILES string of the molecule is CN(C)CCCn1c(CN(C)C2CCCc3cccnc32)nc2ccccc21.CN(Cc1nc2ccccc2n1CCCN=C(N)N)C1CCCc2cccnc21.CN(Cc1nc2ccccc2n1CCCNC(=O)C(F)(F)F)C1CCCc2cccnc21. The van der Waals surface area contributed by atoms with Crippen LogP contribution < -0.4 is 16.8 Å². The molecule has 3 aliphatic carbocycles. The van der Waals surface area contributed by atoms with Crippen LogP contribution in [0.5, 0.6) is 0 Å². The zero-order valence-electron chi connectivity index (χ0n) is 52.2. The Hall–Kier alpha value is -8.11. The van der Waals surface area contributed by atoms with E-state index < -0.39 is 12.1 Å². The van der Waals surface area contributed by atoms with Crippen LogP contribution in [0.25, 0.3) is 33.1 Å². The molecule has 0 saturated heterocycles. The number of carbonyl (C=O) groups excluding carboxylic acids is 1. The number of nitrogens with one attached hydrogen (secondary N) is 1. The van der Waals surface area contributed by atoms with E-state index in [1.165, 1.54) is 52.9 Å². The number of halogens is 3. The van der Waals surface area contributed by atoms with E-state index in [0.717, 1.165) is 135 Å². The Morgan fingerprint density at radius 1 is 0.539 bits per heavy atom. The lowest BCUT2D eigenvalue weighted by Gasteiger charge is -2.32. The highest BCUT2D eigenvalue weighted by molar-refractivity contribution is 5.81. The van der Waals surface area contributed by atoms with Crippen molar-refractivity contribution in [2.75, 3.05) is 54.9 Å². The van der Waals surface area contributed by atoms with Crippen LogP contribution in [0.2, 0.25) is 0 Å². The third kappa shape index (κ3) is 16.0. The summed E-state index contributed by atoms with van der Waals surface area (Å²) in [6.45, 7) is 6.15. The minimum absolute atomic E-state index is 0.0555. The predicted octanol–water partition coefficient (Wildman–Crippen LogP) is 10.5. The number of pyridine rings is 3. The summed E-state index contributed by atoms with van der Waals surface area (Å²) in [5, 5.41) is 1.94. The van der Waals surface area contributed by atoms with Crippen LogP contribution in [0, 0.1) is 0 Å². The fourth-order valence-corrected chi connectivity index (χ4v) is 13.0. The number of aryl methyl sites for hydroxylation is 6. The highest BCUT2D eigenvalue weighted by Crippen LogP contribution is 2.36. The zero-order chi connectivity index (χ0) is 62.4. The molecule has 3 aliphatic rings. The number of fused-ring (bicyclic) bond motifs is 6. The fraction of sp³-hybridized carbons (Fsp3) is 0.441. The van der Waals surface area contributed by atoms with Gasteiger partial charge >= 0.3 is 12.1 Å². The summed E-state index contributed by atoms with van der Waals surface area (Å²) in [6, 6.07) is 38.1. The molecule has 1 amide bonds. The predicted molar refractivity (Wildman–Crippen MR) is 345 cm³/mol. The Morgan fingerprint density at radius 2 is 0.910 bits per heavy atom. The average Bonchev–Trinajstić information content (AvgIpc) is 2.05. The van der Waals surface area contributed by atoms with Gasteiger partial charge in [0.2, 0.25) is 0 Å².